The number of anilines is 1. The van der Waals surface area contributed by atoms with Crippen molar-refractivity contribution in [2.75, 3.05) is 19.5 Å². The third-order valence-electron chi connectivity index (χ3n) is 4.69. The average molecular weight is 367 g/mol. The molecule has 0 bridgehead atoms. The molecule has 1 aromatic heterocycles. The second kappa shape index (κ2) is 6.75. The number of carbonyl (C=O) groups is 1. The quantitative estimate of drug-likeness (QED) is 0.766. The zero-order chi connectivity index (χ0) is 19.0. The zero-order valence-electron chi connectivity index (χ0n) is 14.9. The number of benzene rings is 2. The van der Waals surface area contributed by atoms with Gasteiger partial charge in [-0.05, 0) is 42.0 Å². The highest BCUT2D eigenvalue weighted by atomic mass is 19.1. The Morgan fingerprint density at radius 2 is 1.85 bits per heavy atom. The number of amides is 1. The normalized spacial score (nSPS) is 15.8. The van der Waals surface area contributed by atoms with E-state index in [4.69, 9.17) is 9.47 Å². The van der Waals surface area contributed by atoms with Gasteiger partial charge in [-0.1, -0.05) is 6.07 Å². The lowest BCUT2D eigenvalue weighted by Crippen LogP contribution is -2.25. The molecule has 3 aromatic rings. The van der Waals surface area contributed by atoms with E-state index < -0.39 is 0 Å². The van der Waals surface area contributed by atoms with Crippen LogP contribution in [0.5, 0.6) is 11.5 Å². The summed E-state index contributed by atoms with van der Waals surface area (Å²) in [6, 6.07) is 11.6. The average Bonchev–Trinajstić information content (AvgIpc) is 3.11. The summed E-state index contributed by atoms with van der Waals surface area (Å²) in [5.74, 6) is 1.18. The third-order valence-corrected chi connectivity index (χ3v) is 4.69. The molecule has 1 atom stereocenters. The molecular weight excluding hydrogens is 349 g/mol. The van der Waals surface area contributed by atoms with Gasteiger partial charge in [-0.2, -0.15) is 0 Å². The lowest BCUT2D eigenvalue weighted by Gasteiger charge is -2.24. The van der Waals surface area contributed by atoms with Gasteiger partial charge in [0.2, 0.25) is 5.91 Å². The lowest BCUT2D eigenvalue weighted by molar-refractivity contribution is -0.116. The van der Waals surface area contributed by atoms with Gasteiger partial charge in [0, 0.05) is 18.0 Å². The van der Waals surface area contributed by atoms with Crippen LogP contribution in [0, 0.1) is 5.82 Å². The first-order valence-corrected chi connectivity index (χ1v) is 8.45. The van der Waals surface area contributed by atoms with E-state index in [1.165, 1.54) is 12.1 Å². The molecular formula is C20H18FN3O3. The molecule has 2 heterocycles. The van der Waals surface area contributed by atoms with Gasteiger partial charge in [-0.25, -0.2) is 9.37 Å². The fourth-order valence-electron chi connectivity index (χ4n) is 3.35. The van der Waals surface area contributed by atoms with E-state index in [2.05, 4.69) is 10.3 Å². The molecule has 0 radical (unpaired) electrons. The molecule has 1 amide bonds. The summed E-state index contributed by atoms with van der Waals surface area (Å²) in [5.41, 5.74) is 2.39. The first-order valence-electron chi connectivity index (χ1n) is 8.45. The summed E-state index contributed by atoms with van der Waals surface area (Å²) in [6.07, 6.45) is 1.92. The van der Waals surface area contributed by atoms with Gasteiger partial charge >= 0.3 is 0 Å². The largest absolute Gasteiger partial charge is 0.493 e. The topological polar surface area (TPSA) is 65.4 Å². The molecule has 6 nitrogen and oxygen atoms in total. The zero-order valence-corrected chi connectivity index (χ0v) is 14.9. The van der Waals surface area contributed by atoms with Crippen LogP contribution >= 0.6 is 0 Å². The molecule has 0 spiro atoms. The summed E-state index contributed by atoms with van der Waals surface area (Å²) in [5, 5.41) is 2.88. The smallest absolute Gasteiger partial charge is 0.226 e. The molecule has 0 unspecified atom stereocenters. The van der Waals surface area contributed by atoms with Crippen LogP contribution in [0.4, 0.5) is 10.2 Å². The van der Waals surface area contributed by atoms with Crippen molar-refractivity contribution in [2.45, 2.75) is 12.3 Å². The van der Waals surface area contributed by atoms with Crippen LogP contribution in [0.15, 0.2) is 48.8 Å². The van der Waals surface area contributed by atoms with E-state index >= 15 is 0 Å². The third kappa shape index (κ3) is 3.01. The van der Waals surface area contributed by atoms with Crippen molar-refractivity contribution in [1.29, 1.82) is 0 Å². The van der Waals surface area contributed by atoms with Gasteiger partial charge in [0.05, 0.1) is 19.9 Å². The number of halogens is 1. The number of carbonyl (C=O) groups excluding carboxylic acids is 1. The highest BCUT2D eigenvalue weighted by Gasteiger charge is 2.31. The molecule has 1 N–H and O–H groups in total. The molecule has 7 heteroatoms. The van der Waals surface area contributed by atoms with Crippen molar-refractivity contribution in [3.05, 3.63) is 65.9 Å². The molecule has 4 rings (SSSR count). The number of methoxy groups -OCH3 is 2. The van der Waals surface area contributed by atoms with E-state index in [9.17, 15) is 9.18 Å². The van der Waals surface area contributed by atoms with Crippen molar-refractivity contribution in [1.82, 2.24) is 9.55 Å². The van der Waals surface area contributed by atoms with E-state index in [0.29, 0.717) is 17.3 Å². The number of nitrogens with zero attached hydrogens (tertiary/aromatic N) is 2. The maximum absolute atomic E-state index is 13.2. The van der Waals surface area contributed by atoms with Gasteiger partial charge in [0.1, 0.15) is 18.0 Å². The predicted molar refractivity (Wildman–Crippen MR) is 98.2 cm³/mol. The van der Waals surface area contributed by atoms with Crippen molar-refractivity contribution < 1.29 is 18.7 Å². The van der Waals surface area contributed by atoms with Crippen LogP contribution in [0.25, 0.3) is 5.69 Å². The van der Waals surface area contributed by atoms with Gasteiger partial charge in [-0.3, -0.25) is 9.36 Å². The molecule has 1 aliphatic rings. The molecule has 27 heavy (non-hydrogen) atoms. The standard InChI is InChI=1S/C20H18FN3O3/c1-26-16-8-3-12(9-17(16)27-2)15-10-18(25)23-20-19(15)22-11-24(20)14-6-4-13(21)5-7-14/h3-9,11,15H,10H2,1-2H3,(H,23,25)/t15-/m0/s1. The molecule has 1 aliphatic heterocycles. The first kappa shape index (κ1) is 17.1. The number of hydrogen-bond donors (Lipinski definition) is 1. The van der Waals surface area contributed by atoms with Crippen molar-refractivity contribution in [3.8, 4) is 17.2 Å². The van der Waals surface area contributed by atoms with Crippen LogP contribution in [-0.4, -0.2) is 29.7 Å². The van der Waals surface area contributed by atoms with Crippen molar-refractivity contribution in [3.63, 3.8) is 0 Å². The maximum atomic E-state index is 13.2. The molecule has 0 saturated heterocycles. The summed E-state index contributed by atoms with van der Waals surface area (Å²) in [6.45, 7) is 0. The monoisotopic (exact) mass is 367 g/mol. The highest BCUT2D eigenvalue weighted by molar-refractivity contribution is 5.94. The Hall–Kier alpha value is -3.35. The minimum atomic E-state index is -0.319. The predicted octanol–water partition coefficient (Wildman–Crippen LogP) is 3.50. The number of aromatic nitrogens is 2. The number of fused-ring (bicyclic) bond motifs is 1. The van der Waals surface area contributed by atoms with Gasteiger partial charge in [0.15, 0.2) is 11.5 Å². The van der Waals surface area contributed by atoms with Gasteiger partial charge in [-0.15, -0.1) is 0 Å². The Bertz CT molecular complexity index is 998. The summed E-state index contributed by atoms with van der Waals surface area (Å²) >= 11 is 0. The van der Waals surface area contributed by atoms with Gasteiger partial charge in [0.25, 0.3) is 0 Å². The van der Waals surface area contributed by atoms with Gasteiger partial charge < -0.3 is 14.8 Å². The number of ether oxygens (including phenoxy) is 2. The van der Waals surface area contributed by atoms with Crippen molar-refractivity contribution in [2.24, 2.45) is 0 Å². The van der Waals surface area contributed by atoms with Crippen molar-refractivity contribution >= 4 is 11.7 Å². The Morgan fingerprint density at radius 1 is 1.11 bits per heavy atom. The van der Waals surface area contributed by atoms with E-state index in [-0.39, 0.29) is 24.1 Å². The first-order chi connectivity index (χ1) is 13.1. The summed E-state index contributed by atoms with van der Waals surface area (Å²) < 4.78 is 25.6. The summed E-state index contributed by atoms with van der Waals surface area (Å²) in [7, 11) is 3.15. The summed E-state index contributed by atoms with van der Waals surface area (Å²) in [4.78, 5) is 16.9. The van der Waals surface area contributed by atoms with E-state index in [1.54, 1.807) is 37.2 Å². The Labute approximate surface area is 155 Å². The number of imidazole rings is 1. The lowest BCUT2D eigenvalue weighted by atomic mass is 9.89. The van der Waals surface area contributed by atoms with Crippen LogP contribution < -0.4 is 14.8 Å². The van der Waals surface area contributed by atoms with Crippen LogP contribution in [0.1, 0.15) is 23.6 Å². The Balaban J connectivity index is 1.78. The molecule has 0 fully saturated rings. The van der Waals surface area contributed by atoms with E-state index in [0.717, 1.165) is 16.9 Å². The Morgan fingerprint density at radius 3 is 2.56 bits per heavy atom. The minimum absolute atomic E-state index is 0.105. The molecule has 138 valence electrons. The SMILES string of the molecule is COc1ccc([C@@H]2CC(=O)Nc3c2ncn3-c2ccc(F)cc2)cc1OC. The van der Waals surface area contributed by atoms with E-state index in [1.807, 2.05) is 18.2 Å². The van der Waals surface area contributed by atoms with Crippen LogP contribution in [0.2, 0.25) is 0 Å². The number of rotatable bonds is 4. The fourth-order valence-corrected chi connectivity index (χ4v) is 3.35. The molecule has 0 aliphatic carbocycles. The molecule has 0 saturated carbocycles. The van der Waals surface area contributed by atoms with Crippen LogP contribution in [-0.2, 0) is 4.79 Å². The fraction of sp³-hybridized carbons (Fsp3) is 0.200. The number of nitrogens with one attached hydrogen (secondary N) is 1. The second-order valence-corrected chi connectivity index (χ2v) is 6.24. The maximum Gasteiger partial charge on any atom is 0.226 e. The minimum Gasteiger partial charge on any atom is -0.493 e. The highest BCUT2D eigenvalue weighted by Crippen LogP contribution is 2.40. The molecule has 2 aromatic carbocycles. The van der Waals surface area contributed by atoms with Crippen LogP contribution in [0.3, 0.4) is 0 Å². The number of hydrogen-bond acceptors (Lipinski definition) is 4. The Kier molecular flexibility index (Phi) is 4.27. The second-order valence-electron chi connectivity index (χ2n) is 6.24.